The third kappa shape index (κ3) is 2.31. The summed E-state index contributed by atoms with van der Waals surface area (Å²) in [4.78, 5) is 3.65. The van der Waals surface area contributed by atoms with Crippen molar-refractivity contribution in [3.63, 3.8) is 0 Å². The molecule has 2 aromatic heterocycles. The standard InChI is InChI=1S/C9H10F2N6/c1-17-3-2-7(16-17)13-8-5(10)4-6(11)9(14-8)15-12/h2-4H,12H2,1H3,(H2,13,14,15,16). The monoisotopic (exact) mass is 240 g/mol. The van der Waals surface area contributed by atoms with Gasteiger partial charge in [-0.25, -0.2) is 19.6 Å². The molecule has 8 heteroatoms. The van der Waals surface area contributed by atoms with Crippen LogP contribution in [0, 0.1) is 11.6 Å². The summed E-state index contributed by atoms with van der Waals surface area (Å²) in [5.41, 5.74) is 2.04. The van der Waals surface area contributed by atoms with Crippen molar-refractivity contribution < 1.29 is 8.78 Å². The van der Waals surface area contributed by atoms with Crippen LogP contribution in [-0.4, -0.2) is 14.8 Å². The van der Waals surface area contributed by atoms with Crippen LogP contribution in [0.15, 0.2) is 18.3 Å². The first kappa shape index (κ1) is 11.3. The molecule has 6 nitrogen and oxygen atoms in total. The molecule has 2 rings (SSSR count). The fraction of sp³-hybridized carbons (Fsp3) is 0.111. The maximum Gasteiger partial charge on any atom is 0.178 e. The van der Waals surface area contributed by atoms with Crippen molar-refractivity contribution >= 4 is 17.5 Å². The topological polar surface area (TPSA) is 80.8 Å². The summed E-state index contributed by atoms with van der Waals surface area (Å²) >= 11 is 0. The predicted octanol–water partition coefficient (Wildman–Crippen LogP) is 1.12. The van der Waals surface area contributed by atoms with Gasteiger partial charge in [0.25, 0.3) is 0 Å². The Kier molecular flexibility index (Phi) is 2.88. The number of nitrogen functional groups attached to an aromatic ring is 1. The van der Waals surface area contributed by atoms with E-state index in [-0.39, 0.29) is 11.6 Å². The van der Waals surface area contributed by atoms with Crippen LogP contribution < -0.4 is 16.6 Å². The van der Waals surface area contributed by atoms with Crippen LogP contribution in [0.2, 0.25) is 0 Å². The van der Waals surface area contributed by atoms with Crippen LogP contribution in [0.25, 0.3) is 0 Å². The molecule has 0 fully saturated rings. The van der Waals surface area contributed by atoms with Gasteiger partial charge in [-0.15, -0.1) is 0 Å². The SMILES string of the molecule is Cn1ccc(Nc2nc(NN)c(F)cc2F)n1. The zero-order chi connectivity index (χ0) is 12.4. The summed E-state index contributed by atoms with van der Waals surface area (Å²) in [5.74, 6) is 3.35. The van der Waals surface area contributed by atoms with Gasteiger partial charge < -0.3 is 10.7 Å². The predicted molar refractivity (Wildman–Crippen MR) is 58.5 cm³/mol. The van der Waals surface area contributed by atoms with Gasteiger partial charge in [-0.05, 0) is 0 Å². The molecule has 0 unspecified atom stereocenters. The van der Waals surface area contributed by atoms with E-state index >= 15 is 0 Å². The van der Waals surface area contributed by atoms with E-state index in [0.29, 0.717) is 11.9 Å². The molecule has 2 aromatic rings. The van der Waals surface area contributed by atoms with Crippen molar-refractivity contribution in [2.45, 2.75) is 0 Å². The van der Waals surface area contributed by atoms with Gasteiger partial charge in [-0.1, -0.05) is 0 Å². The molecular weight excluding hydrogens is 230 g/mol. The average molecular weight is 240 g/mol. The number of anilines is 3. The van der Waals surface area contributed by atoms with Crippen molar-refractivity contribution in [1.29, 1.82) is 0 Å². The Hall–Kier alpha value is -2.22. The molecule has 90 valence electrons. The maximum atomic E-state index is 13.4. The fourth-order valence-electron chi connectivity index (χ4n) is 1.26. The quantitative estimate of drug-likeness (QED) is 0.553. The van der Waals surface area contributed by atoms with E-state index in [2.05, 4.69) is 15.4 Å². The minimum atomic E-state index is -0.864. The van der Waals surface area contributed by atoms with Gasteiger partial charge in [0.05, 0.1) is 0 Å². The van der Waals surface area contributed by atoms with Crippen molar-refractivity contribution in [2.75, 3.05) is 10.7 Å². The number of hydrazine groups is 1. The number of nitrogens with two attached hydrogens (primary N) is 1. The summed E-state index contributed by atoms with van der Waals surface area (Å²) in [5, 5.41) is 6.59. The van der Waals surface area contributed by atoms with Crippen LogP contribution in [0.4, 0.5) is 26.2 Å². The summed E-state index contributed by atoms with van der Waals surface area (Å²) in [7, 11) is 1.71. The van der Waals surface area contributed by atoms with E-state index in [1.54, 1.807) is 19.3 Å². The Morgan fingerprint density at radius 1 is 1.29 bits per heavy atom. The van der Waals surface area contributed by atoms with Crippen LogP contribution in [0.3, 0.4) is 0 Å². The smallest absolute Gasteiger partial charge is 0.178 e. The normalized spacial score (nSPS) is 10.4. The lowest BCUT2D eigenvalue weighted by atomic mass is 10.4. The molecular formula is C9H10F2N6. The first-order valence-electron chi connectivity index (χ1n) is 4.69. The molecule has 17 heavy (non-hydrogen) atoms. The second kappa shape index (κ2) is 4.34. The Labute approximate surface area is 95.4 Å². The highest BCUT2D eigenvalue weighted by Crippen LogP contribution is 2.20. The molecule has 0 amide bonds. The van der Waals surface area contributed by atoms with E-state index in [1.807, 2.05) is 5.43 Å². The summed E-state index contributed by atoms with van der Waals surface area (Å²) in [6, 6.07) is 2.31. The van der Waals surface area contributed by atoms with Crippen molar-refractivity contribution in [3.05, 3.63) is 30.0 Å². The first-order valence-corrected chi connectivity index (χ1v) is 4.69. The molecule has 0 bridgehead atoms. The number of hydrogen-bond donors (Lipinski definition) is 3. The van der Waals surface area contributed by atoms with Crippen molar-refractivity contribution in [3.8, 4) is 0 Å². The van der Waals surface area contributed by atoms with Gasteiger partial charge in [0.2, 0.25) is 0 Å². The molecule has 2 heterocycles. The number of nitrogens with one attached hydrogen (secondary N) is 2. The molecule has 0 saturated heterocycles. The van der Waals surface area contributed by atoms with Gasteiger partial charge >= 0.3 is 0 Å². The van der Waals surface area contributed by atoms with Crippen molar-refractivity contribution in [2.24, 2.45) is 12.9 Å². The van der Waals surface area contributed by atoms with Gasteiger partial charge in [0.15, 0.2) is 29.1 Å². The number of hydrogen-bond acceptors (Lipinski definition) is 5. The fourth-order valence-corrected chi connectivity index (χ4v) is 1.26. The minimum absolute atomic E-state index is 0.155. The largest absolute Gasteiger partial charge is 0.321 e. The number of aryl methyl sites for hydroxylation is 1. The lowest BCUT2D eigenvalue weighted by molar-refractivity contribution is 0.579. The van der Waals surface area contributed by atoms with Crippen LogP contribution in [0.1, 0.15) is 0 Å². The highest BCUT2D eigenvalue weighted by atomic mass is 19.1. The highest BCUT2D eigenvalue weighted by molar-refractivity contribution is 5.55. The lowest BCUT2D eigenvalue weighted by Crippen LogP contribution is -2.12. The molecule has 0 spiro atoms. The average Bonchev–Trinajstić information content (AvgIpc) is 2.68. The third-order valence-electron chi connectivity index (χ3n) is 2.03. The molecule has 0 aliphatic rings. The molecule has 0 saturated carbocycles. The molecule has 0 aliphatic heterocycles. The molecule has 0 atom stereocenters. The van der Waals surface area contributed by atoms with E-state index in [0.717, 1.165) is 0 Å². The third-order valence-corrected chi connectivity index (χ3v) is 2.03. The second-order valence-electron chi connectivity index (χ2n) is 3.29. The molecule has 0 radical (unpaired) electrons. The van der Waals surface area contributed by atoms with Crippen LogP contribution in [0.5, 0.6) is 0 Å². The second-order valence-corrected chi connectivity index (χ2v) is 3.29. The zero-order valence-electron chi connectivity index (χ0n) is 8.91. The Morgan fingerprint density at radius 3 is 2.59 bits per heavy atom. The Bertz CT molecular complexity index is 538. The number of aromatic nitrogens is 3. The van der Waals surface area contributed by atoms with Gasteiger partial charge in [-0.3, -0.25) is 4.68 Å². The highest BCUT2D eigenvalue weighted by Gasteiger charge is 2.11. The lowest BCUT2D eigenvalue weighted by Gasteiger charge is -2.07. The minimum Gasteiger partial charge on any atom is -0.321 e. The molecule has 4 N–H and O–H groups in total. The van der Waals surface area contributed by atoms with Crippen molar-refractivity contribution in [1.82, 2.24) is 14.8 Å². The van der Waals surface area contributed by atoms with Crippen LogP contribution >= 0.6 is 0 Å². The van der Waals surface area contributed by atoms with Gasteiger partial charge in [0, 0.05) is 25.4 Å². The number of halogens is 2. The summed E-state index contributed by atoms with van der Waals surface area (Å²) < 4.78 is 28.0. The Morgan fingerprint density at radius 2 is 2.00 bits per heavy atom. The molecule has 0 aliphatic carbocycles. The maximum absolute atomic E-state index is 13.4. The summed E-state index contributed by atoms with van der Waals surface area (Å²) in [6.07, 6.45) is 1.67. The van der Waals surface area contributed by atoms with E-state index in [4.69, 9.17) is 5.84 Å². The van der Waals surface area contributed by atoms with Crippen LogP contribution in [-0.2, 0) is 7.05 Å². The molecule has 0 aromatic carbocycles. The van der Waals surface area contributed by atoms with E-state index < -0.39 is 11.6 Å². The first-order chi connectivity index (χ1) is 8.10. The Balaban J connectivity index is 2.32. The van der Waals surface area contributed by atoms with E-state index in [1.165, 1.54) is 4.68 Å². The number of nitrogens with zero attached hydrogens (tertiary/aromatic N) is 3. The van der Waals surface area contributed by atoms with Gasteiger partial charge in [-0.2, -0.15) is 5.10 Å². The zero-order valence-corrected chi connectivity index (χ0v) is 8.91. The van der Waals surface area contributed by atoms with E-state index in [9.17, 15) is 8.78 Å². The summed E-state index contributed by atoms with van der Waals surface area (Å²) in [6.45, 7) is 0. The number of pyridine rings is 1. The number of rotatable bonds is 3. The van der Waals surface area contributed by atoms with Gasteiger partial charge in [0.1, 0.15) is 0 Å².